The molecule has 0 aliphatic carbocycles. The second-order valence-corrected chi connectivity index (χ2v) is 5.16. The van der Waals surface area contributed by atoms with Gasteiger partial charge in [-0.3, -0.25) is 0 Å². The van der Waals surface area contributed by atoms with Gasteiger partial charge >= 0.3 is 0 Å². The Hall–Kier alpha value is -2.10. The topological polar surface area (TPSA) is 41.1 Å². The van der Waals surface area contributed by atoms with Crippen molar-refractivity contribution in [3.8, 4) is 11.3 Å². The van der Waals surface area contributed by atoms with Crippen LogP contribution in [0.3, 0.4) is 0 Å². The summed E-state index contributed by atoms with van der Waals surface area (Å²) in [6.45, 7) is 4.27. The summed E-state index contributed by atoms with van der Waals surface area (Å²) < 4.78 is 0. The van der Waals surface area contributed by atoms with Crippen molar-refractivity contribution in [2.45, 2.75) is 26.3 Å². The first-order chi connectivity index (χ1) is 9.60. The predicted octanol–water partition coefficient (Wildman–Crippen LogP) is 3.42. The van der Waals surface area contributed by atoms with E-state index in [2.05, 4.69) is 58.3 Å². The molecule has 1 atom stereocenters. The molecular weight excluding hydrogens is 248 g/mol. The van der Waals surface area contributed by atoms with Crippen LogP contribution in [0.25, 0.3) is 11.3 Å². The molecule has 0 saturated carbocycles. The predicted molar refractivity (Wildman–Crippen MR) is 85.2 cm³/mol. The number of hydrogen-bond donors (Lipinski definition) is 1. The van der Waals surface area contributed by atoms with Crippen LogP contribution in [0.5, 0.6) is 0 Å². The molecule has 106 valence electrons. The summed E-state index contributed by atoms with van der Waals surface area (Å²) >= 11 is 0. The molecule has 0 aliphatic heterocycles. The number of nitrogens with zero attached hydrogens (tertiary/aromatic N) is 3. The first-order valence-electron chi connectivity index (χ1n) is 6.97. The Labute approximate surface area is 120 Å². The van der Waals surface area contributed by atoms with Crippen LogP contribution in [-0.2, 0) is 0 Å². The molecule has 1 aromatic heterocycles. The molecule has 4 nitrogen and oxygen atoms in total. The van der Waals surface area contributed by atoms with Gasteiger partial charge in [-0.2, -0.15) is 0 Å². The highest BCUT2D eigenvalue weighted by Crippen LogP contribution is 2.21. The fourth-order valence-electron chi connectivity index (χ4n) is 1.84. The van der Waals surface area contributed by atoms with Crippen LogP contribution in [0, 0.1) is 0 Å². The fourth-order valence-corrected chi connectivity index (χ4v) is 1.84. The minimum atomic E-state index is 0.376. The molecule has 2 rings (SSSR count). The van der Waals surface area contributed by atoms with E-state index >= 15 is 0 Å². The van der Waals surface area contributed by atoms with E-state index in [0.29, 0.717) is 12.0 Å². The van der Waals surface area contributed by atoms with Gasteiger partial charge in [0.15, 0.2) is 0 Å². The average Bonchev–Trinajstić information content (AvgIpc) is 2.47. The smallest absolute Gasteiger partial charge is 0.223 e. The maximum Gasteiger partial charge on any atom is 0.223 e. The van der Waals surface area contributed by atoms with Crippen LogP contribution in [0.15, 0.2) is 36.5 Å². The number of anilines is 2. The van der Waals surface area contributed by atoms with Crippen molar-refractivity contribution in [3.63, 3.8) is 0 Å². The van der Waals surface area contributed by atoms with Gasteiger partial charge in [0.2, 0.25) is 5.95 Å². The van der Waals surface area contributed by atoms with E-state index in [-0.39, 0.29) is 0 Å². The molecule has 0 saturated heterocycles. The molecule has 1 N–H and O–H groups in total. The monoisotopic (exact) mass is 270 g/mol. The third-order valence-corrected chi connectivity index (χ3v) is 3.32. The molecule has 0 bridgehead atoms. The van der Waals surface area contributed by atoms with Crippen LogP contribution in [-0.4, -0.2) is 30.1 Å². The Morgan fingerprint density at radius 3 is 2.45 bits per heavy atom. The van der Waals surface area contributed by atoms with Crippen LogP contribution in [0.4, 0.5) is 11.6 Å². The molecule has 1 heterocycles. The first kappa shape index (κ1) is 14.3. The Kier molecular flexibility index (Phi) is 4.56. The number of nitrogens with one attached hydrogen (secondary N) is 1. The lowest BCUT2D eigenvalue weighted by atomic mass is 10.1. The van der Waals surface area contributed by atoms with Gasteiger partial charge < -0.3 is 10.2 Å². The molecule has 1 unspecified atom stereocenters. The standard InChI is InChI=1S/C16H22N4/c1-5-12(2)18-16-17-11-10-15(19-16)13-6-8-14(9-7-13)20(3)4/h6-12H,5H2,1-4H3,(H,17,18,19). The maximum absolute atomic E-state index is 4.57. The van der Waals surface area contributed by atoms with Gasteiger partial charge in [0.25, 0.3) is 0 Å². The number of hydrogen-bond acceptors (Lipinski definition) is 4. The van der Waals surface area contributed by atoms with Crippen molar-refractivity contribution in [2.24, 2.45) is 0 Å². The number of rotatable bonds is 5. The van der Waals surface area contributed by atoms with E-state index in [1.807, 2.05) is 20.2 Å². The normalized spacial score (nSPS) is 12.0. The van der Waals surface area contributed by atoms with E-state index in [4.69, 9.17) is 0 Å². The molecule has 0 radical (unpaired) electrons. The van der Waals surface area contributed by atoms with Crippen molar-refractivity contribution >= 4 is 11.6 Å². The Bertz CT molecular complexity index is 549. The average molecular weight is 270 g/mol. The third-order valence-electron chi connectivity index (χ3n) is 3.32. The highest BCUT2D eigenvalue weighted by atomic mass is 15.1. The van der Waals surface area contributed by atoms with Crippen molar-refractivity contribution in [3.05, 3.63) is 36.5 Å². The van der Waals surface area contributed by atoms with Gasteiger partial charge in [0.1, 0.15) is 0 Å². The summed E-state index contributed by atoms with van der Waals surface area (Å²) in [7, 11) is 4.07. The Morgan fingerprint density at radius 1 is 1.15 bits per heavy atom. The minimum Gasteiger partial charge on any atom is -0.378 e. The van der Waals surface area contributed by atoms with Crippen molar-refractivity contribution in [2.75, 3.05) is 24.3 Å². The van der Waals surface area contributed by atoms with Crippen LogP contribution in [0.2, 0.25) is 0 Å². The van der Waals surface area contributed by atoms with Crippen LogP contribution >= 0.6 is 0 Å². The zero-order chi connectivity index (χ0) is 14.5. The van der Waals surface area contributed by atoms with E-state index in [9.17, 15) is 0 Å². The maximum atomic E-state index is 4.57. The van der Waals surface area contributed by atoms with Gasteiger partial charge in [-0.05, 0) is 31.5 Å². The second-order valence-electron chi connectivity index (χ2n) is 5.16. The van der Waals surface area contributed by atoms with E-state index < -0.39 is 0 Å². The van der Waals surface area contributed by atoms with E-state index in [1.54, 1.807) is 6.20 Å². The lowest BCUT2D eigenvalue weighted by Crippen LogP contribution is -2.15. The quantitative estimate of drug-likeness (QED) is 0.904. The van der Waals surface area contributed by atoms with Gasteiger partial charge in [-0.25, -0.2) is 9.97 Å². The lowest BCUT2D eigenvalue weighted by Gasteiger charge is -2.13. The number of aromatic nitrogens is 2. The van der Waals surface area contributed by atoms with Gasteiger partial charge in [-0.15, -0.1) is 0 Å². The molecular formula is C16H22N4. The Balaban J connectivity index is 2.22. The van der Waals surface area contributed by atoms with Gasteiger partial charge in [0.05, 0.1) is 5.69 Å². The molecule has 0 spiro atoms. The molecule has 0 fully saturated rings. The largest absolute Gasteiger partial charge is 0.378 e. The zero-order valence-electron chi connectivity index (χ0n) is 12.6. The molecule has 4 heteroatoms. The van der Waals surface area contributed by atoms with Crippen LogP contribution < -0.4 is 10.2 Å². The summed E-state index contributed by atoms with van der Waals surface area (Å²) in [4.78, 5) is 10.9. The minimum absolute atomic E-state index is 0.376. The van der Waals surface area contributed by atoms with Gasteiger partial charge in [-0.1, -0.05) is 19.1 Å². The van der Waals surface area contributed by atoms with Crippen molar-refractivity contribution < 1.29 is 0 Å². The highest BCUT2D eigenvalue weighted by molar-refractivity contribution is 5.63. The SMILES string of the molecule is CCC(C)Nc1nccc(-c2ccc(N(C)C)cc2)n1. The summed E-state index contributed by atoms with van der Waals surface area (Å²) in [6.07, 6.45) is 2.85. The molecule has 2 aromatic rings. The number of benzene rings is 1. The second kappa shape index (κ2) is 6.37. The van der Waals surface area contributed by atoms with E-state index in [0.717, 1.165) is 17.7 Å². The highest BCUT2D eigenvalue weighted by Gasteiger charge is 2.05. The molecule has 1 aromatic carbocycles. The fraction of sp³-hybridized carbons (Fsp3) is 0.375. The third kappa shape index (κ3) is 3.47. The Morgan fingerprint density at radius 2 is 1.85 bits per heavy atom. The molecule has 0 aliphatic rings. The summed E-state index contributed by atoms with van der Waals surface area (Å²) in [6, 6.07) is 10.7. The van der Waals surface area contributed by atoms with Gasteiger partial charge in [0, 0.05) is 37.6 Å². The molecule has 20 heavy (non-hydrogen) atoms. The van der Waals surface area contributed by atoms with Crippen molar-refractivity contribution in [1.29, 1.82) is 0 Å². The van der Waals surface area contributed by atoms with Crippen LogP contribution in [0.1, 0.15) is 20.3 Å². The lowest BCUT2D eigenvalue weighted by molar-refractivity contribution is 0.753. The van der Waals surface area contributed by atoms with E-state index in [1.165, 1.54) is 5.69 Å². The summed E-state index contributed by atoms with van der Waals surface area (Å²) in [5.74, 6) is 0.688. The van der Waals surface area contributed by atoms with Crippen molar-refractivity contribution in [1.82, 2.24) is 9.97 Å². The molecule has 0 amide bonds. The zero-order valence-corrected chi connectivity index (χ0v) is 12.6. The first-order valence-corrected chi connectivity index (χ1v) is 6.97. The summed E-state index contributed by atoms with van der Waals surface area (Å²) in [5.41, 5.74) is 3.22. The summed E-state index contributed by atoms with van der Waals surface area (Å²) in [5, 5.41) is 3.30.